The maximum Gasteiger partial charge on any atom is 0.205 e. The molecule has 0 radical (unpaired) electrons. The number of nitrogens with one attached hydrogen (secondary N) is 2. The lowest BCUT2D eigenvalue weighted by molar-refractivity contribution is 0.111. The highest BCUT2D eigenvalue weighted by molar-refractivity contribution is 6.31. The molecular weight excluding hydrogens is 440 g/mol. The quantitative estimate of drug-likeness (QED) is 0.330. The molecule has 0 spiro atoms. The minimum absolute atomic E-state index is 0.249. The van der Waals surface area contributed by atoms with E-state index in [1.165, 1.54) is 0 Å². The summed E-state index contributed by atoms with van der Waals surface area (Å²) in [5.41, 5.74) is 4.85. The van der Waals surface area contributed by atoms with Crippen LogP contribution in [-0.4, -0.2) is 46.4 Å². The van der Waals surface area contributed by atoms with E-state index >= 15 is 0 Å². The van der Waals surface area contributed by atoms with Crippen molar-refractivity contribution in [3.05, 3.63) is 64.7 Å². The van der Waals surface area contributed by atoms with Gasteiger partial charge in [-0.05, 0) is 29.3 Å². The SMILES string of the molecule is CCCCc1nc(Cl)c(C=O)n1Cc1ccc2nc(-c3ccccc3-c3nn[nH]n3)[nH]c2c1. The molecular formula is C23H21ClN8O. The normalized spacial score (nSPS) is 11.3. The Morgan fingerprint density at radius 1 is 1.12 bits per heavy atom. The van der Waals surface area contributed by atoms with Gasteiger partial charge >= 0.3 is 0 Å². The number of benzene rings is 2. The Morgan fingerprint density at radius 2 is 1.97 bits per heavy atom. The summed E-state index contributed by atoms with van der Waals surface area (Å²) in [5.74, 6) is 2.04. The lowest BCUT2D eigenvalue weighted by Gasteiger charge is -2.09. The number of imidazole rings is 2. The van der Waals surface area contributed by atoms with Crippen molar-refractivity contribution in [2.24, 2.45) is 0 Å². The number of carbonyl (C=O) groups is 1. The second kappa shape index (κ2) is 8.95. The summed E-state index contributed by atoms with van der Waals surface area (Å²) in [6.07, 6.45) is 3.56. The predicted octanol–water partition coefficient (Wildman–Crippen LogP) is 4.46. The van der Waals surface area contributed by atoms with Crippen molar-refractivity contribution in [3.63, 3.8) is 0 Å². The Bertz CT molecular complexity index is 1420. The second-order valence-electron chi connectivity index (χ2n) is 7.73. The molecule has 0 atom stereocenters. The zero-order valence-corrected chi connectivity index (χ0v) is 18.7. The number of aryl methyl sites for hydroxylation is 1. The molecule has 3 aromatic heterocycles. The average molecular weight is 461 g/mol. The van der Waals surface area contributed by atoms with E-state index in [9.17, 15) is 4.79 Å². The third-order valence-electron chi connectivity index (χ3n) is 5.56. The Kier molecular flexibility index (Phi) is 5.70. The topological polar surface area (TPSA) is 118 Å². The molecule has 10 heteroatoms. The maximum absolute atomic E-state index is 11.6. The molecule has 0 amide bonds. The Labute approximate surface area is 194 Å². The van der Waals surface area contributed by atoms with Crippen LogP contribution in [0.3, 0.4) is 0 Å². The monoisotopic (exact) mass is 460 g/mol. The third-order valence-corrected chi connectivity index (χ3v) is 5.84. The zero-order valence-electron chi connectivity index (χ0n) is 17.9. The average Bonchev–Trinajstić information content (AvgIpc) is 3.57. The van der Waals surface area contributed by atoms with Gasteiger partial charge in [0.25, 0.3) is 0 Å². The molecule has 2 N–H and O–H groups in total. The van der Waals surface area contributed by atoms with E-state index < -0.39 is 0 Å². The first-order chi connectivity index (χ1) is 16.2. The zero-order chi connectivity index (χ0) is 22.8. The largest absolute Gasteiger partial charge is 0.338 e. The lowest BCUT2D eigenvalue weighted by Crippen LogP contribution is -2.08. The van der Waals surface area contributed by atoms with Crippen LogP contribution in [0.1, 0.15) is 41.6 Å². The Hall–Kier alpha value is -3.85. The fourth-order valence-electron chi connectivity index (χ4n) is 3.92. The van der Waals surface area contributed by atoms with Crippen LogP contribution in [0.5, 0.6) is 0 Å². The molecule has 166 valence electrons. The van der Waals surface area contributed by atoms with Crippen molar-refractivity contribution >= 4 is 28.9 Å². The van der Waals surface area contributed by atoms with E-state index in [-0.39, 0.29) is 5.15 Å². The molecule has 3 heterocycles. The van der Waals surface area contributed by atoms with Crippen LogP contribution < -0.4 is 0 Å². The number of aromatic amines is 2. The summed E-state index contributed by atoms with van der Waals surface area (Å²) in [6.45, 7) is 2.62. The van der Waals surface area contributed by atoms with Crippen LogP contribution >= 0.6 is 11.6 Å². The van der Waals surface area contributed by atoms with E-state index in [1.54, 1.807) is 0 Å². The van der Waals surface area contributed by atoms with Crippen molar-refractivity contribution in [2.75, 3.05) is 0 Å². The van der Waals surface area contributed by atoms with Crippen LogP contribution in [0.4, 0.5) is 0 Å². The summed E-state index contributed by atoms with van der Waals surface area (Å²) in [5, 5.41) is 14.6. The van der Waals surface area contributed by atoms with Gasteiger partial charge in [-0.25, -0.2) is 9.97 Å². The third kappa shape index (κ3) is 4.03. The number of rotatable bonds is 8. The molecule has 2 aromatic carbocycles. The van der Waals surface area contributed by atoms with Gasteiger partial charge in [-0.2, -0.15) is 5.21 Å². The summed E-state index contributed by atoms with van der Waals surface area (Å²) in [4.78, 5) is 24.2. The molecule has 0 aliphatic rings. The molecule has 0 saturated heterocycles. The molecule has 0 saturated carbocycles. The van der Waals surface area contributed by atoms with Crippen LogP contribution in [0.2, 0.25) is 5.15 Å². The molecule has 0 unspecified atom stereocenters. The second-order valence-corrected chi connectivity index (χ2v) is 8.09. The number of aldehydes is 1. The van der Waals surface area contributed by atoms with Crippen molar-refractivity contribution in [1.29, 1.82) is 0 Å². The van der Waals surface area contributed by atoms with Gasteiger partial charge in [0.05, 0.1) is 11.0 Å². The molecule has 0 fully saturated rings. The first-order valence-electron chi connectivity index (χ1n) is 10.7. The van der Waals surface area contributed by atoms with E-state index in [0.717, 1.165) is 59.1 Å². The summed E-state index contributed by atoms with van der Waals surface area (Å²) < 4.78 is 1.90. The number of aromatic nitrogens is 8. The van der Waals surface area contributed by atoms with Crippen LogP contribution in [-0.2, 0) is 13.0 Å². The van der Waals surface area contributed by atoms with Gasteiger partial charge in [-0.15, -0.1) is 10.2 Å². The Balaban J connectivity index is 1.51. The minimum Gasteiger partial charge on any atom is -0.338 e. The Morgan fingerprint density at radius 3 is 2.73 bits per heavy atom. The van der Waals surface area contributed by atoms with E-state index in [2.05, 4.69) is 37.5 Å². The van der Waals surface area contributed by atoms with Gasteiger partial charge in [0.2, 0.25) is 5.82 Å². The number of hydrogen-bond donors (Lipinski definition) is 2. The molecule has 9 nitrogen and oxygen atoms in total. The molecule has 33 heavy (non-hydrogen) atoms. The van der Waals surface area contributed by atoms with Crippen molar-refractivity contribution < 1.29 is 4.79 Å². The van der Waals surface area contributed by atoms with Gasteiger partial charge < -0.3 is 9.55 Å². The highest BCUT2D eigenvalue weighted by Crippen LogP contribution is 2.29. The number of unbranched alkanes of at least 4 members (excludes halogenated alkanes) is 1. The van der Waals surface area contributed by atoms with Crippen LogP contribution in [0, 0.1) is 0 Å². The van der Waals surface area contributed by atoms with Gasteiger partial charge in [0, 0.05) is 24.1 Å². The smallest absolute Gasteiger partial charge is 0.205 e. The minimum atomic E-state index is 0.249. The fraction of sp³-hybridized carbons (Fsp3) is 0.217. The first kappa shape index (κ1) is 21.0. The summed E-state index contributed by atoms with van der Waals surface area (Å²) in [6, 6.07) is 13.8. The van der Waals surface area contributed by atoms with E-state index in [4.69, 9.17) is 16.6 Å². The maximum atomic E-state index is 11.6. The molecule has 0 aliphatic carbocycles. The number of H-pyrrole nitrogens is 2. The van der Waals surface area contributed by atoms with Gasteiger partial charge in [-0.3, -0.25) is 4.79 Å². The van der Waals surface area contributed by atoms with Crippen molar-refractivity contribution in [1.82, 2.24) is 40.1 Å². The number of carbonyl (C=O) groups excluding carboxylic acids is 1. The summed E-state index contributed by atoms with van der Waals surface area (Å²) in [7, 11) is 0. The number of hydrogen-bond acceptors (Lipinski definition) is 6. The first-order valence-corrected chi connectivity index (χ1v) is 11.1. The molecule has 5 aromatic rings. The predicted molar refractivity (Wildman–Crippen MR) is 125 cm³/mol. The van der Waals surface area contributed by atoms with Crippen molar-refractivity contribution in [3.8, 4) is 22.8 Å². The van der Waals surface area contributed by atoms with E-state index in [0.29, 0.717) is 23.9 Å². The van der Waals surface area contributed by atoms with Gasteiger partial charge in [0.15, 0.2) is 11.4 Å². The number of fused-ring (bicyclic) bond motifs is 1. The van der Waals surface area contributed by atoms with Crippen molar-refractivity contribution in [2.45, 2.75) is 32.7 Å². The van der Waals surface area contributed by atoms with E-state index in [1.807, 2.05) is 47.0 Å². The van der Waals surface area contributed by atoms with Crippen LogP contribution in [0.15, 0.2) is 42.5 Å². The van der Waals surface area contributed by atoms with Crippen LogP contribution in [0.25, 0.3) is 33.8 Å². The number of tetrazole rings is 1. The fourth-order valence-corrected chi connectivity index (χ4v) is 4.17. The summed E-state index contributed by atoms with van der Waals surface area (Å²) >= 11 is 6.22. The highest BCUT2D eigenvalue weighted by atomic mass is 35.5. The molecule has 0 aliphatic heterocycles. The van der Waals surface area contributed by atoms with Gasteiger partial charge in [0.1, 0.15) is 17.3 Å². The number of halogens is 1. The molecule has 5 rings (SSSR count). The molecule has 0 bridgehead atoms. The lowest BCUT2D eigenvalue weighted by atomic mass is 10.1. The standard InChI is InChI=1S/C23H21ClN8O/c1-2-3-8-20-27-21(24)19(13-33)32(20)12-14-9-10-17-18(11-14)26-22(25-17)15-6-4-5-7-16(15)23-28-30-31-29-23/h4-7,9-11,13H,2-3,8,12H2,1H3,(H,25,26)(H,28,29,30,31). The highest BCUT2D eigenvalue weighted by Gasteiger charge is 2.17. The number of nitrogens with zero attached hydrogens (tertiary/aromatic N) is 6. The van der Waals surface area contributed by atoms with Gasteiger partial charge in [-0.1, -0.05) is 55.3 Å².